The number of aliphatic imine (C=N–C) groups is 1. The van der Waals surface area contributed by atoms with E-state index in [4.69, 9.17) is 0 Å². The van der Waals surface area contributed by atoms with Crippen molar-refractivity contribution < 1.29 is 8.42 Å². The Morgan fingerprint density at radius 3 is 2.20 bits per heavy atom. The van der Waals surface area contributed by atoms with Gasteiger partial charge in [-0.25, -0.2) is 13.1 Å². The zero-order valence-corrected chi connectivity index (χ0v) is 16.0. The van der Waals surface area contributed by atoms with E-state index in [1.54, 1.807) is 7.05 Å². The molecule has 20 heavy (non-hydrogen) atoms. The Hall–Kier alpha value is -0.0900. The van der Waals surface area contributed by atoms with Gasteiger partial charge in [-0.1, -0.05) is 26.7 Å². The van der Waals surface area contributed by atoms with Gasteiger partial charge in [-0.05, 0) is 12.3 Å². The average Bonchev–Trinajstić information content (AvgIpc) is 2.35. The van der Waals surface area contributed by atoms with Crippen molar-refractivity contribution in [3.05, 3.63) is 0 Å². The molecule has 0 aromatic heterocycles. The van der Waals surface area contributed by atoms with Crippen LogP contribution in [0.25, 0.3) is 0 Å². The Bertz CT molecular complexity index is 356. The van der Waals surface area contributed by atoms with Crippen LogP contribution in [0, 0.1) is 5.92 Å². The second-order valence-electron chi connectivity index (χ2n) is 4.58. The summed E-state index contributed by atoms with van der Waals surface area (Å²) >= 11 is 0. The van der Waals surface area contributed by atoms with Crippen LogP contribution in [0.2, 0.25) is 0 Å². The second-order valence-corrected chi connectivity index (χ2v) is 6.42. The fourth-order valence-electron chi connectivity index (χ4n) is 1.59. The van der Waals surface area contributed by atoms with Gasteiger partial charge in [-0.2, -0.15) is 0 Å². The molecule has 0 bridgehead atoms. The van der Waals surface area contributed by atoms with E-state index in [0.717, 1.165) is 38.0 Å². The number of nitrogens with zero attached hydrogens (tertiary/aromatic N) is 1. The third-order valence-electron chi connectivity index (χ3n) is 2.95. The molecule has 6 nitrogen and oxygen atoms in total. The number of halogens is 1. The first kappa shape index (κ1) is 22.2. The first-order chi connectivity index (χ1) is 8.92. The molecular formula is C12H29IN4O2S. The number of sulfonamides is 1. The summed E-state index contributed by atoms with van der Waals surface area (Å²) < 4.78 is 24.2. The van der Waals surface area contributed by atoms with Crippen molar-refractivity contribution in [2.75, 3.05) is 32.9 Å². The highest BCUT2D eigenvalue weighted by atomic mass is 127. The SMILES string of the molecule is CCC(CC)CNC(=NC)NCCCNS(C)(=O)=O.I. The van der Waals surface area contributed by atoms with Gasteiger partial charge in [0, 0.05) is 26.7 Å². The molecule has 0 atom stereocenters. The molecule has 0 radical (unpaired) electrons. The summed E-state index contributed by atoms with van der Waals surface area (Å²) in [4.78, 5) is 4.13. The van der Waals surface area contributed by atoms with E-state index in [-0.39, 0.29) is 24.0 Å². The summed E-state index contributed by atoms with van der Waals surface area (Å²) in [6.45, 7) is 6.40. The maximum atomic E-state index is 10.9. The maximum Gasteiger partial charge on any atom is 0.208 e. The van der Waals surface area contributed by atoms with Crippen LogP contribution < -0.4 is 15.4 Å². The van der Waals surface area contributed by atoms with Gasteiger partial charge >= 0.3 is 0 Å². The lowest BCUT2D eigenvalue weighted by molar-refractivity contribution is 0.481. The van der Waals surface area contributed by atoms with Gasteiger partial charge in [0.1, 0.15) is 0 Å². The van der Waals surface area contributed by atoms with Crippen molar-refractivity contribution >= 4 is 40.0 Å². The lowest BCUT2D eigenvalue weighted by Gasteiger charge is -2.16. The summed E-state index contributed by atoms with van der Waals surface area (Å²) in [5, 5.41) is 6.44. The molecule has 0 amide bonds. The molecule has 0 saturated heterocycles. The van der Waals surface area contributed by atoms with Crippen LogP contribution in [0.5, 0.6) is 0 Å². The minimum absolute atomic E-state index is 0. The zero-order chi connectivity index (χ0) is 14.7. The largest absolute Gasteiger partial charge is 0.356 e. The number of rotatable bonds is 9. The van der Waals surface area contributed by atoms with E-state index in [1.165, 1.54) is 0 Å². The van der Waals surface area contributed by atoms with E-state index in [2.05, 4.69) is 34.2 Å². The molecule has 0 aromatic rings. The van der Waals surface area contributed by atoms with E-state index < -0.39 is 10.0 Å². The van der Waals surface area contributed by atoms with Crippen LogP contribution in [-0.2, 0) is 10.0 Å². The van der Waals surface area contributed by atoms with Crippen molar-refractivity contribution in [1.82, 2.24) is 15.4 Å². The van der Waals surface area contributed by atoms with Crippen molar-refractivity contribution in [2.24, 2.45) is 10.9 Å². The highest BCUT2D eigenvalue weighted by Gasteiger charge is 2.04. The molecule has 0 fully saturated rings. The van der Waals surface area contributed by atoms with Gasteiger partial charge < -0.3 is 10.6 Å². The Labute approximate surface area is 140 Å². The van der Waals surface area contributed by atoms with Crippen LogP contribution in [0.1, 0.15) is 33.1 Å². The van der Waals surface area contributed by atoms with E-state index in [9.17, 15) is 8.42 Å². The smallest absolute Gasteiger partial charge is 0.208 e. The van der Waals surface area contributed by atoms with Crippen molar-refractivity contribution in [3.8, 4) is 0 Å². The molecule has 0 rings (SSSR count). The molecule has 0 aliphatic heterocycles. The second kappa shape index (κ2) is 12.6. The average molecular weight is 420 g/mol. The predicted molar refractivity (Wildman–Crippen MR) is 96.3 cm³/mol. The lowest BCUT2D eigenvalue weighted by atomic mass is 10.0. The molecule has 3 N–H and O–H groups in total. The molecule has 122 valence electrons. The molecule has 0 aromatic carbocycles. The number of guanidine groups is 1. The minimum Gasteiger partial charge on any atom is -0.356 e. The lowest BCUT2D eigenvalue weighted by Crippen LogP contribution is -2.40. The Kier molecular flexibility index (Phi) is 14.0. The van der Waals surface area contributed by atoms with Gasteiger partial charge in [0.15, 0.2) is 5.96 Å². The molecule has 0 spiro atoms. The first-order valence-electron chi connectivity index (χ1n) is 6.82. The van der Waals surface area contributed by atoms with E-state index >= 15 is 0 Å². The van der Waals surface area contributed by atoms with Crippen LogP contribution in [0.4, 0.5) is 0 Å². The fourth-order valence-corrected chi connectivity index (χ4v) is 2.11. The zero-order valence-electron chi connectivity index (χ0n) is 12.9. The normalized spacial score (nSPS) is 12.2. The number of hydrogen-bond donors (Lipinski definition) is 3. The summed E-state index contributed by atoms with van der Waals surface area (Å²) in [7, 11) is -1.35. The standard InChI is InChI=1S/C12H28N4O2S.HI/c1-5-11(6-2)10-15-12(13-3)14-8-7-9-16-19(4,17)18;/h11,16H,5-10H2,1-4H3,(H2,13,14,15);1H. The van der Waals surface area contributed by atoms with Crippen LogP contribution in [0.15, 0.2) is 4.99 Å². The van der Waals surface area contributed by atoms with Gasteiger partial charge in [0.2, 0.25) is 10.0 Å². The van der Waals surface area contributed by atoms with Crippen LogP contribution in [-0.4, -0.2) is 47.3 Å². The Balaban J connectivity index is 0. The number of hydrogen-bond acceptors (Lipinski definition) is 3. The summed E-state index contributed by atoms with van der Waals surface area (Å²) in [5.41, 5.74) is 0. The van der Waals surface area contributed by atoms with E-state index in [1.807, 2.05) is 0 Å². The molecule has 8 heteroatoms. The van der Waals surface area contributed by atoms with Gasteiger partial charge in [-0.15, -0.1) is 24.0 Å². The Morgan fingerprint density at radius 1 is 1.15 bits per heavy atom. The summed E-state index contributed by atoms with van der Waals surface area (Å²) in [6, 6.07) is 0. The molecule has 0 aliphatic rings. The third-order valence-corrected chi connectivity index (χ3v) is 3.68. The molecular weight excluding hydrogens is 391 g/mol. The minimum atomic E-state index is -3.08. The molecule has 0 unspecified atom stereocenters. The summed E-state index contributed by atoms with van der Waals surface area (Å²) in [6.07, 6.45) is 4.19. The van der Waals surface area contributed by atoms with E-state index in [0.29, 0.717) is 19.0 Å². The fraction of sp³-hybridized carbons (Fsp3) is 0.917. The predicted octanol–water partition coefficient (Wildman–Crippen LogP) is 1.14. The quantitative estimate of drug-likeness (QED) is 0.226. The highest BCUT2D eigenvalue weighted by Crippen LogP contribution is 2.04. The van der Waals surface area contributed by atoms with Crippen LogP contribution >= 0.6 is 24.0 Å². The monoisotopic (exact) mass is 420 g/mol. The molecule has 0 aliphatic carbocycles. The Morgan fingerprint density at radius 2 is 1.75 bits per heavy atom. The van der Waals surface area contributed by atoms with Gasteiger partial charge in [0.25, 0.3) is 0 Å². The molecule has 0 heterocycles. The maximum absolute atomic E-state index is 10.9. The topological polar surface area (TPSA) is 82.6 Å². The third kappa shape index (κ3) is 12.9. The van der Waals surface area contributed by atoms with Crippen LogP contribution in [0.3, 0.4) is 0 Å². The van der Waals surface area contributed by atoms with Crippen molar-refractivity contribution in [2.45, 2.75) is 33.1 Å². The number of nitrogens with one attached hydrogen (secondary N) is 3. The van der Waals surface area contributed by atoms with Gasteiger partial charge in [-0.3, -0.25) is 4.99 Å². The highest BCUT2D eigenvalue weighted by molar-refractivity contribution is 14.0. The molecule has 0 saturated carbocycles. The van der Waals surface area contributed by atoms with Crippen molar-refractivity contribution in [3.63, 3.8) is 0 Å². The van der Waals surface area contributed by atoms with Gasteiger partial charge in [0.05, 0.1) is 6.26 Å². The first-order valence-corrected chi connectivity index (χ1v) is 8.71. The summed E-state index contributed by atoms with van der Waals surface area (Å²) in [5.74, 6) is 1.43. The van der Waals surface area contributed by atoms with Crippen molar-refractivity contribution in [1.29, 1.82) is 0 Å².